The van der Waals surface area contributed by atoms with Crippen molar-refractivity contribution in [1.82, 2.24) is 0 Å². The highest BCUT2D eigenvalue weighted by atomic mass is 16.5. The van der Waals surface area contributed by atoms with Gasteiger partial charge < -0.3 is 9.84 Å². The highest BCUT2D eigenvalue weighted by Gasteiger charge is 2.09. The normalized spacial score (nSPS) is 12.3. The van der Waals surface area contributed by atoms with Crippen molar-refractivity contribution in [3.63, 3.8) is 0 Å². The van der Waals surface area contributed by atoms with E-state index in [4.69, 9.17) is 4.74 Å². The number of hydrogen-bond donors (Lipinski definition) is 1. The molecule has 2 aromatic carbocycles. The fourth-order valence-corrected chi connectivity index (χ4v) is 2.08. The van der Waals surface area contributed by atoms with E-state index < -0.39 is 6.10 Å². The average molecular weight is 256 g/mol. The largest absolute Gasteiger partial charge is 0.388 e. The lowest BCUT2D eigenvalue weighted by Gasteiger charge is -2.13. The van der Waals surface area contributed by atoms with Gasteiger partial charge in [-0.15, -0.1) is 0 Å². The molecule has 0 aliphatic heterocycles. The zero-order chi connectivity index (χ0) is 13.5. The van der Waals surface area contributed by atoms with Crippen LogP contribution in [0.5, 0.6) is 0 Å². The zero-order valence-corrected chi connectivity index (χ0v) is 11.3. The number of rotatable bonds is 6. The lowest BCUT2D eigenvalue weighted by molar-refractivity contribution is 0.0731. The van der Waals surface area contributed by atoms with E-state index in [1.807, 2.05) is 61.5 Å². The van der Waals surface area contributed by atoms with Crippen molar-refractivity contribution in [2.45, 2.75) is 26.1 Å². The minimum Gasteiger partial charge on any atom is -0.388 e. The number of ether oxygens (including phenoxy) is 1. The van der Waals surface area contributed by atoms with Crippen molar-refractivity contribution in [2.24, 2.45) is 0 Å². The fourth-order valence-electron chi connectivity index (χ4n) is 2.08. The lowest BCUT2D eigenvalue weighted by Crippen LogP contribution is -2.05. The van der Waals surface area contributed by atoms with E-state index in [0.717, 1.165) is 16.7 Å². The van der Waals surface area contributed by atoms with Crippen LogP contribution in [-0.4, -0.2) is 11.7 Å². The summed E-state index contributed by atoms with van der Waals surface area (Å²) in [6.45, 7) is 3.18. The van der Waals surface area contributed by atoms with Crippen LogP contribution in [0, 0.1) is 6.92 Å². The SMILES string of the molecule is Cc1ccccc1C(O)CCOCc1ccccc1. The minimum atomic E-state index is -0.447. The Hall–Kier alpha value is -1.64. The Balaban J connectivity index is 1.76. The predicted octanol–water partition coefficient (Wildman–Crippen LogP) is 3.64. The topological polar surface area (TPSA) is 29.5 Å². The second-order valence-corrected chi connectivity index (χ2v) is 4.70. The predicted molar refractivity (Wildman–Crippen MR) is 76.9 cm³/mol. The van der Waals surface area contributed by atoms with Crippen molar-refractivity contribution in [3.05, 3.63) is 71.3 Å². The second-order valence-electron chi connectivity index (χ2n) is 4.70. The summed E-state index contributed by atoms with van der Waals surface area (Å²) in [6.07, 6.45) is 0.175. The molecule has 0 amide bonds. The van der Waals surface area contributed by atoms with Crippen LogP contribution in [0.25, 0.3) is 0 Å². The van der Waals surface area contributed by atoms with E-state index in [9.17, 15) is 5.11 Å². The fraction of sp³-hybridized carbons (Fsp3) is 0.294. The van der Waals surface area contributed by atoms with Crippen molar-refractivity contribution >= 4 is 0 Å². The molecule has 2 heteroatoms. The van der Waals surface area contributed by atoms with Gasteiger partial charge in [-0.2, -0.15) is 0 Å². The molecule has 0 spiro atoms. The number of aliphatic hydroxyl groups is 1. The van der Waals surface area contributed by atoms with Crippen molar-refractivity contribution in [3.8, 4) is 0 Å². The molecular formula is C17H20O2. The Kier molecular flexibility index (Phi) is 5.13. The van der Waals surface area contributed by atoms with Gasteiger partial charge in [-0.25, -0.2) is 0 Å². The van der Waals surface area contributed by atoms with Crippen LogP contribution >= 0.6 is 0 Å². The maximum absolute atomic E-state index is 10.1. The molecule has 0 saturated carbocycles. The molecule has 19 heavy (non-hydrogen) atoms. The minimum absolute atomic E-state index is 0.447. The van der Waals surface area contributed by atoms with Gasteiger partial charge in [-0.05, 0) is 23.6 Å². The second kappa shape index (κ2) is 7.07. The molecule has 100 valence electrons. The first-order valence-corrected chi connectivity index (χ1v) is 6.62. The van der Waals surface area contributed by atoms with Crippen LogP contribution in [0.15, 0.2) is 54.6 Å². The first-order chi connectivity index (χ1) is 9.27. The molecule has 0 saturated heterocycles. The molecule has 0 fully saturated rings. The smallest absolute Gasteiger partial charge is 0.0814 e. The van der Waals surface area contributed by atoms with Gasteiger partial charge in [0.25, 0.3) is 0 Å². The third-order valence-corrected chi connectivity index (χ3v) is 3.19. The summed E-state index contributed by atoms with van der Waals surface area (Å²) in [6, 6.07) is 18.0. The van der Waals surface area contributed by atoms with Crippen molar-refractivity contribution in [2.75, 3.05) is 6.61 Å². The highest BCUT2D eigenvalue weighted by Crippen LogP contribution is 2.20. The third-order valence-electron chi connectivity index (χ3n) is 3.19. The average Bonchev–Trinajstić information content (AvgIpc) is 2.45. The molecule has 1 atom stereocenters. The van der Waals surface area contributed by atoms with Gasteiger partial charge >= 0.3 is 0 Å². The van der Waals surface area contributed by atoms with Gasteiger partial charge in [0, 0.05) is 13.0 Å². The van der Waals surface area contributed by atoms with Gasteiger partial charge in [-0.3, -0.25) is 0 Å². The molecular weight excluding hydrogens is 236 g/mol. The summed E-state index contributed by atoms with van der Waals surface area (Å²) < 4.78 is 5.59. The standard InChI is InChI=1S/C17H20O2/c1-14-7-5-6-10-16(14)17(18)11-12-19-13-15-8-3-2-4-9-15/h2-10,17-18H,11-13H2,1H3. The van der Waals surface area contributed by atoms with Crippen molar-refractivity contribution < 1.29 is 9.84 Å². The summed E-state index contributed by atoms with van der Waals surface area (Å²) >= 11 is 0. The van der Waals surface area contributed by atoms with E-state index in [2.05, 4.69) is 0 Å². The molecule has 0 heterocycles. The molecule has 1 unspecified atom stereocenters. The van der Waals surface area contributed by atoms with Crippen LogP contribution in [-0.2, 0) is 11.3 Å². The van der Waals surface area contributed by atoms with E-state index in [1.54, 1.807) is 0 Å². The van der Waals surface area contributed by atoms with Gasteiger partial charge in [0.15, 0.2) is 0 Å². The maximum atomic E-state index is 10.1. The Morgan fingerprint density at radius 1 is 1.00 bits per heavy atom. The first kappa shape index (κ1) is 13.8. The lowest BCUT2D eigenvalue weighted by atomic mass is 10.0. The Bertz CT molecular complexity index is 494. The monoisotopic (exact) mass is 256 g/mol. The zero-order valence-electron chi connectivity index (χ0n) is 11.3. The molecule has 0 aliphatic carbocycles. The summed E-state index contributed by atoms with van der Waals surface area (Å²) in [5.74, 6) is 0. The van der Waals surface area contributed by atoms with Gasteiger partial charge in [-0.1, -0.05) is 54.6 Å². The van der Waals surface area contributed by atoms with E-state index >= 15 is 0 Å². The van der Waals surface area contributed by atoms with Crippen LogP contribution < -0.4 is 0 Å². The Morgan fingerprint density at radius 3 is 2.42 bits per heavy atom. The van der Waals surface area contributed by atoms with E-state index in [-0.39, 0.29) is 0 Å². The summed E-state index contributed by atoms with van der Waals surface area (Å²) in [5, 5.41) is 10.1. The molecule has 0 radical (unpaired) electrons. The maximum Gasteiger partial charge on any atom is 0.0814 e. The van der Waals surface area contributed by atoms with Crippen molar-refractivity contribution in [1.29, 1.82) is 0 Å². The molecule has 1 N–H and O–H groups in total. The molecule has 0 bridgehead atoms. The molecule has 0 aliphatic rings. The molecule has 2 rings (SSSR count). The highest BCUT2D eigenvalue weighted by molar-refractivity contribution is 5.27. The summed E-state index contributed by atoms with van der Waals surface area (Å²) in [5.41, 5.74) is 3.27. The van der Waals surface area contributed by atoms with Crippen LogP contribution in [0.3, 0.4) is 0 Å². The van der Waals surface area contributed by atoms with Gasteiger partial charge in [0.1, 0.15) is 0 Å². The quantitative estimate of drug-likeness (QED) is 0.800. The Morgan fingerprint density at radius 2 is 1.68 bits per heavy atom. The molecule has 0 aromatic heterocycles. The van der Waals surface area contributed by atoms with Crippen LogP contribution in [0.4, 0.5) is 0 Å². The van der Waals surface area contributed by atoms with E-state index in [1.165, 1.54) is 0 Å². The van der Waals surface area contributed by atoms with Crippen LogP contribution in [0.2, 0.25) is 0 Å². The first-order valence-electron chi connectivity index (χ1n) is 6.62. The van der Waals surface area contributed by atoms with Gasteiger partial charge in [0.05, 0.1) is 12.7 Å². The molecule has 2 nitrogen and oxygen atoms in total. The summed E-state index contributed by atoms with van der Waals surface area (Å²) in [7, 11) is 0. The number of hydrogen-bond acceptors (Lipinski definition) is 2. The number of benzene rings is 2. The molecule has 2 aromatic rings. The third kappa shape index (κ3) is 4.19. The number of aryl methyl sites for hydroxylation is 1. The van der Waals surface area contributed by atoms with E-state index in [0.29, 0.717) is 19.6 Å². The van der Waals surface area contributed by atoms with Crippen LogP contribution in [0.1, 0.15) is 29.2 Å². The van der Waals surface area contributed by atoms with Gasteiger partial charge in [0.2, 0.25) is 0 Å². The Labute approximate surface area is 114 Å². The summed E-state index contributed by atoms with van der Waals surface area (Å²) in [4.78, 5) is 0. The number of aliphatic hydroxyl groups excluding tert-OH is 1.